The second-order valence-corrected chi connectivity index (χ2v) is 8.08. The van der Waals surface area contributed by atoms with Gasteiger partial charge in [-0.05, 0) is 47.2 Å². The number of hydrogen-bond acceptors (Lipinski definition) is 8. The molecule has 0 aliphatic carbocycles. The van der Waals surface area contributed by atoms with Gasteiger partial charge in [-0.25, -0.2) is 0 Å². The van der Waals surface area contributed by atoms with E-state index in [-0.39, 0.29) is 34.1 Å². The number of benzene rings is 3. The largest absolute Gasteiger partial charge is 0.450 e. The monoisotopic (exact) mass is 477 g/mol. The summed E-state index contributed by atoms with van der Waals surface area (Å²) in [5.41, 5.74) is 0.504. The smallest absolute Gasteiger partial charge is 0.318 e. The van der Waals surface area contributed by atoms with Gasteiger partial charge in [-0.3, -0.25) is 34.7 Å². The highest BCUT2D eigenvalue weighted by Crippen LogP contribution is 2.36. The normalized spacial score (nSPS) is 14.5. The molecule has 4 rings (SSSR count). The number of nitro benzene ring substituents is 2. The molecule has 0 aromatic heterocycles. The lowest BCUT2D eigenvalue weighted by atomic mass is 10.2. The second-order valence-electron chi connectivity index (χ2n) is 7.09. The van der Waals surface area contributed by atoms with Gasteiger partial charge in [-0.15, -0.1) is 0 Å². The van der Waals surface area contributed by atoms with E-state index in [9.17, 15) is 29.8 Å². The zero-order valence-corrected chi connectivity index (χ0v) is 18.1. The first kappa shape index (κ1) is 22.7. The zero-order valence-electron chi connectivity index (χ0n) is 17.3. The molecule has 1 saturated heterocycles. The van der Waals surface area contributed by atoms with Crippen LogP contribution in [0.5, 0.6) is 11.5 Å². The summed E-state index contributed by atoms with van der Waals surface area (Å²) in [6.45, 7) is 0.184. The number of ether oxygens (including phenoxy) is 1. The average Bonchev–Trinajstić information content (AvgIpc) is 3.08. The van der Waals surface area contributed by atoms with Gasteiger partial charge in [0.1, 0.15) is 5.75 Å². The molecule has 1 aliphatic heterocycles. The number of rotatable bonds is 7. The summed E-state index contributed by atoms with van der Waals surface area (Å²) >= 11 is 0.849. The fraction of sp³-hybridized carbons (Fsp3) is 0.0435. The van der Waals surface area contributed by atoms with Crippen molar-refractivity contribution in [3.05, 3.63) is 109 Å². The molecule has 0 atom stereocenters. The first-order valence-electron chi connectivity index (χ1n) is 9.82. The van der Waals surface area contributed by atoms with E-state index in [1.807, 2.05) is 30.3 Å². The van der Waals surface area contributed by atoms with Crippen molar-refractivity contribution in [1.29, 1.82) is 0 Å². The summed E-state index contributed by atoms with van der Waals surface area (Å²) in [4.78, 5) is 47.1. The highest BCUT2D eigenvalue weighted by atomic mass is 32.2. The Bertz CT molecular complexity index is 1320. The topological polar surface area (TPSA) is 133 Å². The summed E-state index contributed by atoms with van der Waals surface area (Å²) in [6, 6.07) is 18.6. The fourth-order valence-electron chi connectivity index (χ4n) is 3.16. The van der Waals surface area contributed by atoms with E-state index in [1.165, 1.54) is 17.0 Å². The Morgan fingerprint density at radius 3 is 2.26 bits per heavy atom. The lowest BCUT2D eigenvalue weighted by Crippen LogP contribution is -2.27. The molecule has 10 nitrogen and oxygen atoms in total. The molecule has 0 unspecified atom stereocenters. The SMILES string of the molecule is O=C1S/C(=C\c2ccc(Oc3ccc([N+](=O)[O-])cc3[N+](=O)[O-])cc2)C(=O)N1Cc1ccccc1. The Hall–Kier alpha value is -4.51. The number of amides is 2. The van der Waals surface area contributed by atoms with E-state index < -0.39 is 21.2 Å². The molecule has 1 fully saturated rings. The van der Waals surface area contributed by atoms with Crippen molar-refractivity contribution in [3.63, 3.8) is 0 Å². The van der Waals surface area contributed by atoms with Crippen LogP contribution in [0.1, 0.15) is 11.1 Å². The number of non-ortho nitro benzene ring substituents is 1. The van der Waals surface area contributed by atoms with Crippen molar-refractivity contribution in [2.45, 2.75) is 6.54 Å². The van der Waals surface area contributed by atoms with Gasteiger partial charge >= 0.3 is 5.69 Å². The predicted octanol–water partition coefficient (Wildman–Crippen LogP) is 5.53. The van der Waals surface area contributed by atoms with Crippen LogP contribution in [0.3, 0.4) is 0 Å². The van der Waals surface area contributed by atoms with Gasteiger partial charge in [0.05, 0.1) is 27.4 Å². The van der Waals surface area contributed by atoms with Crippen LogP contribution in [-0.4, -0.2) is 25.9 Å². The molecular formula is C23H15N3O7S. The molecule has 1 heterocycles. The Morgan fingerprint density at radius 2 is 1.62 bits per heavy atom. The van der Waals surface area contributed by atoms with E-state index >= 15 is 0 Å². The Morgan fingerprint density at radius 1 is 0.912 bits per heavy atom. The third-order valence-corrected chi connectivity index (χ3v) is 5.72. The molecule has 2 amide bonds. The first-order chi connectivity index (χ1) is 16.3. The molecular weight excluding hydrogens is 462 g/mol. The molecule has 0 N–H and O–H groups in total. The lowest BCUT2D eigenvalue weighted by Gasteiger charge is -2.12. The minimum Gasteiger partial charge on any atom is -0.450 e. The quantitative estimate of drug-likeness (QED) is 0.246. The number of nitro groups is 2. The maximum absolute atomic E-state index is 12.7. The van der Waals surface area contributed by atoms with Crippen LogP contribution in [0, 0.1) is 20.2 Å². The van der Waals surface area contributed by atoms with Crippen molar-refractivity contribution < 1.29 is 24.2 Å². The van der Waals surface area contributed by atoms with Gasteiger partial charge < -0.3 is 4.74 Å². The van der Waals surface area contributed by atoms with Gasteiger partial charge in [0.25, 0.3) is 16.8 Å². The van der Waals surface area contributed by atoms with E-state index in [0.29, 0.717) is 5.56 Å². The minimum absolute atomic E-state index is 0.148. The highest BCUT2D eigenvalue weighted by Gasteiger charge is 2.34. The molecule has 34 heavy (non-hydrogen) atoms. The van der Waals surface area contributed by atoms with Crippen molar-refractivity contribution in [3.8, 4) is 11.5 Å². The maximum atomic E-state index is 12.7. The van der Waals surface area contributed by atoms with Crippen LogP contribution < -0.4 is 4.74 Å². The molecule has 0 saturated carbocycles. The molecule has 3 aromatic rings. The van der Waals surface area contributed by atoms with Crippen molar-refractivity contribution in [1.82, 2.24) is 4.90 Å². The van der Waals surface area contributed by atoms with Crippen LogP contribution in [0.15, 0.2) is 77.7 Å². The minimum atomic E-state index is -0.762. The van der Waals surface area contributed by atoms with E-state index in [0.717, 1.165) is 35.5 Å². The number of hydrogen-bond donors (Lipinski definition) is 0. The van der Waals surface area contributed by atoms with Crippen molar-refractivity contribution in [2.24, 2.45) is 0 Å². The van der Waals surface area contributed by atoms with Gasteiger partial charge in [0.2, 0.25) is 5.75 Å². The molecule has 170 valence electrons. The van der Waals surface area contributed by atoms with E-state index in [2.05, 4.69) is 0 Å². The van der Waals surface area contributed by atoms with Crippen molar-refractivity contribution in [2.75, 3.05) is 0 Å². The van der Waals surface area contributed by atoms with Crippen LogP contribution in [0.25, 0.3) is 6.08 Å². The van der Waals surface area contributed by atoms with Crippen LogP contribution in [-0.2, 0) is 11.3 Å². The Balaban J connectivity index is 1.49. The predicted molar refractivity (Wildman–Crippen MR) is 124 cm³/mol. The molecule has 0 spiro atoms. The number of carbonyl (C=O) groups excluding carboxylic acids is 2. The van der Waals surface area contributed by atoms with Gasteiger partial charge in [-0.1, -0.05) is 42.5 Å². The van der Waals surface area contributed by atoms with E-state index in [1.54, 1.807) is 18.2 Å². The van der Waals surface area contributed by atoms with Crippen LogP contribution in [0.4, 0.5) is 16.2 Å². The number of nitrogens with zero attached hydrogens (tertiary/aromatic N) is 3. The van der Waals surface area contributed by atoms with Crippen LogP contribution in [0.2, 0.25) is 0 Å². The van der Waals surface area contributed by atoms with Crippen molar-refractivity contribution >= 4 is 40.4 Å². The third kappa shape index (κ3) is 4.94. The number of imide groups is 1. The Labute approximate surface area is 196 Å². The summed E-state index contributed by atoms with van der Waals surface area (Å²) < 4.78 is 5.53. The lowest BCUT2D eigenvalue weighted by molar-refractivity contribution is -0.394. The summed E-state index contributed by atoms with van der Waals surface area (Å²) in [6.07, 6.45) is 1.58. The van der Waals surface area contributed by atoms with Gasteiger partial charge in [0.15, 0.2) is 0 Å². The standard InChI is InChI=1S/C23H15N3O7S/c27-22-21(34-23(28)24(22)14-16-4-2-1-3-5-16)12-15-6-9-18(10-7-15)33-20-11-8-17(25(29)30)13-19(20)26(31)32/h1-13H,14H2/b21-12-. The second kappa shape index (κ2) is 9.55. The maximum Gasteiger partial charge on any atom is 0.318 e. The highest BCUT2D eigenvalue weighted by molar-refractivity contribution is 8.18. The number of carbonyl (C=O) groups is 2. The first-order valence-corrected chi connectivity index (χ1v) is 10.6. The summed E-state index contributed by atoms with van der Waals surface area (Å²) in [5, 5.41) is 21.8. The fourth-order valence-corrected chi connectivity index (χ4v) is 4.00. The molecule has 1 aliphatic rings. The Kier molecular flexibility index (Phi) is 6.37. The molecule has 3 aromatic carbocycles. The zero-order chi connectivity index (χ0) is 24.2. The molecule has 0 radical (unpaired) electrons. The van der Waals surface area contributed by atoms with Gasteiger partial charge in [-0.2, -0.15) is 0 Å². The van der Waals surface area contributed by atoms with Gasteiger partial charge in [0, 0.05) is 6.07 Å². The summed E-state index contributed by atoms with van der Waals surface area (Å²) in [7, 11) is 0. The molecule has 0 bridgehead atoms. The molecule has 11 heteroatoms. The number of thioether (sulfide) groups is 1. The summed E-state index contributed by atoms with van der Waals surface area (Å²) in [5.74, 6) is -0.280. The van der Waals surface area contributed by atoms with Crippen LogP contribution >= 0.6 is 11.8 Å². The average molecular weight is 477 g/mol. The third-order valence-electron chi connectivity index (χ3n) is 4.81. The van der Waals surface area contributed by atoms with E-state index in [4.69, 9.17) is 4.74 Å².